The van der Waals surface area contributed by atoms with Gasteiger partial charge in [0.25, 0.3) is 0 Å². The van der Waals surface area contributed by atoms with Gasteiger partial charge in [-0.2, -0.15) is 13.2 Å². The van der Waals surface area contributed by atoms with Gasteiger partial charge in [0, 0.05) is 40.5 Å². The van der Waals surface area contributed by atoms with E-state index in [9.17, 15) is 26.3 Å². The van der Waals surface area contributed by atoms with Crippen molar-refractivity contribution in [2.24, 2.45) is 0 Å². The number of anilines is 1. The van der Waals surface area contributed by atoms with E-state index in [0.29, 0.717) is 27.8 Å². The van der Waals surface area contributed by atoms with Crippen LogP contribution in [0.2, 0.25) is 0 Å². The lowest BCUT2D eigenvalue weighted by molar-refractivity contribution is -0.274. The zero-order valence-electron chi connectivity index (χ0n) is 20.1. The third-order valence-corrected chi connectivity index (χ3v) is 6.12. The van der Waals surface area contributed by atoms with Crippen LogP contribution >= 0.6 is 0 Å². The Morgan fingerprint density at radius 2 is 1.41 bits per heavy atom. The Kier molecular flexibility index (Phi) is 6.91. The second-order valence-electron chi connectivity index (χ2n) is 8.70. The van der Waals surface area contributed by atoms with Crippen LogP contribution in [0.3, 0.4) is 0 Å². The number of nitrogens with one attached hydrogen (secondary N) is 1. The highest BCUT2D eigenvalue weighted by molar-refractivity contribution is 6.03. The standard InChI is InChI=1S/C30H20F6N2O/c31-29(32,33)25-14-7-13-23-27(24(18-38-28(23)25)19-8-2-1-3-9-19)20-11-6-12-22(16-20)37-17-21-10-4-5-15-26(21)39-30(34,35)36/h1-16,18,37H,17H2. The van der Waals surface area contributed by atoms with Crippen molar-refractivity contribution in [2.75, 3.05) is 5.32 Å². The lowest BCUT2D eigenvalue weighted by Gasteiger charge is -2.17. The maximum atomic E-state index is 13.8. The van der Waals surface area contributed by atoms with Crippen LogP contribution < -0.4 is 10.1 Å². The van der Waals surface area contributed by atoms with E-state index in [1.165, 1.54) is 30.5 Å². The largest absolute Gasteiger partial charge is 0.573 e. The van der Waals surface area contributed by atoms with Crippen LogP contribution in [-0.4, -0.2) is 11.3 Å². The van der Waals surface area contributed by atoms with E-state index in [1.54, 1.807) is 36.4 Å². The fourth-order valence-electron chi connectivity index (χ4n) is 4.46. The minimum Gasteiger partial charge on any atom is -0.405 e. The van der Waals surface area contributed by atoms with E-state index < -0.39 is 18.1 Å². The molecule has 198 valence electrons. The Morgan fingerprint density at radius 1 is 0.718 bits per heavy atom. The van der Waals surface area contributed by atoms with Crippen molar-refractivity contribution < 1.29 is 31.1 Å². The van der Waals surface area contributed by atoms with Gasteiger partial charge in [0.1, 0.15) is 5.75 Å². The summed E-state index contributed by atoms with van der Waals surface area (Å²) in [6.45, 7) is 0.0244. The molecular formula is C30H20F6N2O. The second-order valence-corrected chi connectivity index (χ2v) is 8.70. The van der Waals surface area contributed by atoms with Crippen LogP contribution in [0.1, 0.15) is 11.1 Å². The molecule has 4 aromatic carbocycles. The number of pyridine rings is 1. The monoisotopic (exact) mass is 538 g/mol. The predicted molar refractivity (Wildman–Crippen MR) is 138 cm³/mol. The van der Waals surface area contributed by atoms with Gasteiger partial charge in [-0.05, 0) is 35.4 Å². The molecule has 0 spiro atoms. The van der Waals surface area contributed by atoms with E-state index in [1.807, 2.05) is 30.3 Å². The van der Waals surface area contributed by atoms with Crippen LogP contribution in [0.15, 0.2) is 103 Å². The number of rotatable bonds is 6. The number of aromatic nitrogens is 1. The molecule has 1 aromatic heterocycles. The highest BCUT2D eigenvalue weighted by atomic mass is 19.4. The predicted octanol–water partition coefficient (Wildman–Crippen LogP) is 9.10. The molecule has 5 aromatic rings. The molecule has 5 rings (SSSR count). The van der Waals surface area contributed by atoms with Gasteiger partial charge < -0.3 is 10.1 Å². The summed E-state index contributed by atoms with van der Waals surface area (Å²) in [5.74, 6) is -0.320. The van der Waals surface area contributed by atoms with Crippen molar-refractivity contribution in [2.45, 2.75) is 19.1 Å². The van der Waals surface area contributed by atoms with Gasteiger partial charge in [0.2, 0.25) is 0 Å². The lowest BCUT2D eigenvalue weighted by Crippen LogP contribution is -2.18. The SMILES string of the molecule is FC(F)(F)Oc1ccccc1CNc1cccc(-c2c(-c3ccccc3)cnc3c(C(F)(F)F)cccc23)c1. The minimum absolute atomic E-state index is 0.0244. The summed E-state index contributed by atoms with van der Waals surface area (Å²) < 4.78 is 84.0. The fourth-order valence-corrected chi connectivity index (χ4v) is 4.46. The van der Waals surface area contributed by atoms with Crippen molar-refractivity contribution >= 4 is 16.6 Å². The molecular weight excluding hydrogens is 518 g/mol. The Morgan fingerprint density at radius 3 is 2.15 bits per heavy atom. The van der Waals surface area contributed by atoms with E-state index in [0.717, 1.165) is 11.6 Å². The van der Waals surface area contributed by atoms with Crippen LogP contribution in [0.5, 0.6) is 5.75 Å². The van der Waals surface area contributed by atoms with E-state index in [4.69, 9.17) is 0 Å². The second kappa shape index (κ2) is 10.3. The van der Waals surface area contributed by atoms with Gasteiger partial charge in [0.15, 0.2) is 0 Å². The molecule has 1 N–H and O–H groups in total. The highest BCUT2D eigenvalue weighted by Gasteiger charge is 2.34. The van der Waals surface area contributed by atoms with E-state index in [-0.39, 0.29) is 23.4 Å². The first-order valence-electron chi connectivity index (χ1n) is 11.8. The molecule has 0 aliphatic rings. The summed E-state index contributed by atoms with van der Waals surface area (Å²) >= 11 is 0. The summed E-state index contributed by atoms with van der Waals surface area (Å²) in [5.41, 5.74) is 2.43. The number of nitrogens with zero attached hydrogens (tertiary/aromatic N) is 1. The number of fused-ring (bicyclic) bond motifs is 1. The topological polar surface area (TPSA) is 34.1 Å². The van der Waals surface area contributed by atoms with Crippen molar-refractivity contribution in [3.05, 3.63) is 114 Å². The summed E-state index contributed by atoms with van der Waals surface area (Å²) in [6.07, 6.45) is -7.98. The lowest BCUT2D eigenvalue weighted by atomic mass is 9.91. The van der Waals surface area contributed by atoms with E-state index >= 15 is 0 Å². The zero-order chi connectivity index (χ0) is 27.6. The van der Waals surface area contributed by atoms with Gasteiger partial charge in [0.05, 0.1) is 11.1 Å². The first-order valence-corrected chi connectivity index (χ1v) is 11.8. The van der Waals surface area contributed by atoms with Crippen molar-refractivity contribution in [3.63, 3.8) is 0 Å². The number of hydrogen-bond donors (Lipinski definition) is 1. The first-order chi connectivity index (χ1) is 18.6. The van der Waals surface area contributed by atoms with Gasteiger partial charge in [-0.1, -0.05) is 72.8 Å². The normalized spacial score (nSPS) is 11.9. The quantitative estimate of drug-likeness (QED) is 0.219. The Labute approximate surface area is 219 Å². The average Bonchev–Trinajstić information content (AvgIpc) is 2.91. The molecule has 0 atom stereocenters. The first kappa shape index (κ1) is 26.1. The molecule has 0 unspecified atom stereocenters. The number of hydrogen-bond acceptors (Lipinski definition) is 3. The third-order valence-electron chi connectivity index (χ3n) is 6.12. The van der Waals surface area contributed by atoms with Crippen LogP contribution in [0.25, 0.3) is 33.2 Å². The molecule has 0 saturated carbocycles. The number of para-hydroxylation sites is 2. The van der Waals surface area contributed by atoms with Crippen molar-refractivity contribution in [1.29, 1.82) is 0 Å². The maximum Gasteiger partial charge on any atom is 0.573 e. The fraction of sp³-hybridized carbons (Fsp3) is 0.100. The number of alkyl halides is 6. The molecule has 0 aliphatic heterocycles. The summed E-state index contributed by atoms with van der Waals surface area (Å²) in [7, 11) is 0. The van der Waals surface area contributed by atoms with E-state index in [2.05, 4.69) is 15.0 Å². The molecule has 9 heteroatoms. The Bertz CT molecular complexity index is 1610. The number of benzene rings is 4. The van der Waals surface area contributed by atoms with Crippen LogP contribution in [0.4, 0.5) is 32.0 Å². The summed E-state index contributed by atoms with van der Waals surface area (Å²) in [4.78, 5) is 4.21. The molecule has 0 fully saturated rings. The highest BCUT2D eigenvalue weighted by Crippen LogP contribution is 2.42. The Hall–Kier alpha value is -4.53. The molecule has 3 nitrogen and oxygen atoms in total. The maximum absolute atomic E-state index is 13.8. The van der Waals surface area contributed by atoms with Gasteiger partial charge in [-0.3, -0.25) is 4.98 Å². The molecule has 0 amide bonds. The van der Waals surface area contributed by atoms with Gasteiger partial charge in [-0.25, -0.2) is 0 Å². The summed E-state index contributed by atoms with van der Waals surface area (Å²) in [5, 5.41) is 3.42. The number of ether oxygens (including phenoxy) is 1. The number of halogens is 6. The molecule has 39 heavy (non-hydrogen) atoms. The van der Waals surface area contributed by atoms with Gasteiger partial charge in [-0.15, -0.1) is 13.2 Å². The zero-order valence-corrected chi connectivity index (χ0v) is 20.1. The van der Waals surface area contributed by atoms with Crippen LogP contribution in [-0.2, 0) is 12.7 Å². The van der Waals surface area contributed by atoms with Crippen molar-refractivity contribution in [3.8, 4) is 28.0 Å². The summed E-state index contributed by atoms with van der Waals surface area (Å²) in [6, 6.07) is 25.9. The van der Waals surface area contributed by atoms with Gasteiger partial charge >= 0.3 is 12.5 Å². The van der Waals surface area contributed by atoms with Crippen molar-refractivity contribution in [1.82, 2.24) is 4.98 Å². The molecule has 0 saturated heterocycles. The smallest absolute Gasteiger partial charge is 0.405 e. The third kappa shape index (κ3) is 5.82. The molecule has 0 aliphatic carbocycles. The Balaban J connectivity index is 1.58. The average molecular weight is 538 g/mol. The molecule has 0 bridgehead atoms. The minimum atomic E-state index is -4.83. The molecule has 1 heterocycles. The molecule has 0 radical (unpaired) electrons. The van der Waals surface area contributed by atoms with Crippen LogP contribution in [0, 0.1) is 0 Å².